The van der Waals surface area contributed by atoms with Crippen molar-refractivity contribution in [2.45, 2.75) is 40.2 Å². The minimum Gasteiger partial charge on any atom is -0.494 e. The van der Waals surface area contributed by atoms with E-state index in [0.717, 1.165) is 47.1 Å². The molecular weight excluding hydrogens is 392 g/mol. The molecule has 0 saturated carbocycles. The van der Waals surface area contributed by atoms with Crippen LogP contribution in [-0.2, 0) is 6.54 Å². The van der Waals surface area contributed by atoms with E-state index in [2.05, 4.69) is 54.8 Å². The van der Waals surface area contributed by atoms with Gasteiger partial charge < -0.3 is 9.30 Å². The number of rotatable bonds is 7. The molecule has 1 aromatic heterocycles. The summed E-state index contributed by atoms with van der Waals surface area (Å²) in [5.41, 5.74) is 6.99. The van der Waals surface area contributed by atoms with Crippen LogP contribution in [0.2, 0.25) is 5.02 Å². The Balaban J connectivity index is 1.48. The maximum absolute atomic E-state index is 6.09. The molecule has 0 aliphatic rings. The number of fused-ring (bicyclic) bond motifs is 1. The van der Waals surface area contributed by atoms with E-state index in [1.165, 1.54) is 22.2 Å². The van der Waals surface area contributed by atoms with Crippen LogP contribution in [0.3, 0.4) is 0 Å². The third kappa shape index (κ3) is 4.36. The number of aryl methyl sites for hydroxylation is 4. The van der Waals surface area contributed by atoms with Gasteiger partial charge in [-0.1, -0.05) is 47.5 Å². The molecule has 0 unspecified atom stereocenters. The molecule has 0 saturated heterocycles. The number of benzene rings is 3. The first-order valence-electron chi connectivity index (χ1n) is 10.4. The van der Waals surface area contributed by atoms with E-state index in [1.54, 1.807) is 0 Å². The fraction of sp³-hybridized carbons (Fsp3) is 0.269. The number of halogens is 1. The SMILES string of the molecule is Cc1ccc(-c2nc3ccccc3n2CCCCOc2ccc(Cl)c(C)c2)c(C)c1. The third-order valence-electron chi connectivity index (χ3n) is 5.45. The number of imidazole rings is 1. The molecule has 0 atom stereocenters. The van der Waals surface area contributed by atoms with Crippen LogP contribution in [-0.4, -0.2) is 16.2 Å². The summed E-state index contributed by atoms with van der Waals surface area (Å²) < 4.78 is 8.26. The lowest BCUT2D eigenvalue weighted by atomic mass is 10.1. The Morgan fingerprint density at radius 2 is 1.73 bits per heavy atom. The molecule has 0 aliphatic carbocycles. The molecule has 0 spiro atoms. The van der Waals surface area contributed by atoms with Gasteiger partial charge in [-0.25, -0.2) is 4.98 Å². The normalized spacial score (nSPS) is 11.2. The first-order chi connectivity index (χ1) is 14.5. The zero-order valence-corrected chi connectivity index (χ0v) is 18.5. The van der Waals surface area contributed by atoms with Gasteiger partial charge in [-0.3, -0.25) is 0 Å². The van der Waals surface area contributed by atoms with Crippen molar-refractivity contribution in [1.82, 2.24) is 9.55 Å². The van der Waals surface area contributed by atoms with Crippen LogP contribution in [0.25, 0.3) is 22.4 Å². The van der Waals surface area contributed by atoms with Crippen molar-refractivity contribution in [2.24, 2.45) is 0 Å². The molecule has 3 aromatic carbocycles. The number of para-hydroxylation sites is 2. The highest BCUT2D eigenvalue weighted by molar-refractivity contribution is 6.31. The Bertz CT molecular complexity index is 1180. The van der Waals surface area contributed by atoms with Crippen molar-refractivity contribution in [3.63, 3.8) is 0 Å². The van der Waals surface area contributed by atoms with Gasteiger partial charge in [0.05, 0.1) is 17.6 Å². The van der Waals surface area contributed by atoms with E-state index < -0.39 is 0 Å². The molecule has 0 fully saturated rings. The number of aromatic nitrogens is 2. The second-order valence-corrected chi connectivity index (χ2v) is 8.27. The van der Waals surface area contributed by atoms with Crippen LogP contribution < -0.4 is 4.74 Å². The zero-order chi connectivity index (χ0) is 21.1. The summed E-state index contributed by atoms with van der Waals surface area (Å²) in [7, 11) is 0. The third-order valence-corrected chi connectivity index (χ3v) is 5.88. The Morgan fingerprint density at radius 1 is 0.900 bits per heavy atom. The summed E-state index contributed by atoms with van der Waals surface area (Å²) >= 11 is 6.09. The first kappa shape index (κ1) is 20.5. The van der Waals surface area contributed by atoms with E-state index in [4.69, 9.17) is 21.3 Å². The summed E-state index contributed by atoms with van der Waals surface area (Å²) in [6.45, 7) is 7.88. The molecule has 0 N–H and O–H groups in total. The van der Waals surface area contributed by atoms with Gasteiger partial charge in [0.15, 0.2) is 0 Å². The van der Waals surface area contributed by atoms with Crippen LogP contribution in [0.5, 0.6) is 5.75 Å². The standard InChI is InChI=1S/C26H27ClN2O/c1-18-10-12-22(19(2)16-18)26-28-24-8-4-5-9-25(24)29(26)14-6-7-15-30-21-11-13-23(27)20(3)17-21/h4-5,8-13,16-17H,6-7,14-15H2,1-3H3. The number of nitrogens with zero attached hydrogens (tertiary/aromatic N) is 2. The van der Waals surface area contributed by atoms with E-state index >= 15 is 0 Å². The average Bonchev–Trinajstić information content (AvgIpc) is 3.09. The number of hydrogen-bond acceptors (Lipinski definition) is 2. The predicted octanol–water partition coefficient (Wildman–Crippen LogP) is 7.14. The van der Waals surface area contributed by atoms with Crippen LogP contribution in [0.1, 0.15) is 29.5 Å². The first-order valence-corrected chi connectivity index (χ1v) is 10.8. The van der Waals surface area contributed by atoms with Crippen LogP contribution in [0.15, 0.2) is 60.7 Å². The lowest BCUT2D eigenvalue weighted by Crippen LogP contribution is -2.04. The molecule has 30 heavy (non-hydrogen) atoms. The molecule has 0 aliphatic heterocycles. The summed E-state index contributed by atoms with van der Waals surface area (Å²) in [6, 6.07) is 20.8. The van der Waals surface area contributed by atoms with E-state index in [9.17, 15) is 0 Å². The predicted molar refractivity (Wildman–Crippen MR) is 126 cm³/mol. The highest BCUT2D eigenvalue weighted by Crippen LogP contribution is 2.28. The quantitative estimate of drug-likeness (QED) is 0.298. The lowest BCUT2D eigenvalue weighted by molar-refractivity contribution is 0.303. The van der Waals surface area contributed by atoms with Crippen molar-refractivity contribution < 1.29 is 4.74 Å². The minimum absolute atomic E-state index is 0.687. The largest absolute Gasteiger partial charge is 0.494 e. The molecule has 4 heteroatoms. The highest BCUT2D eigenvalue weighted by atomic mass is 35.5. The zero-order valence-electron chi connectivity index (χ0n) is 17.8. The van der Waals surface area contributed by atoms with Crippen molar-refractivity contribution in [3.8, 4) is 17.1 Å². The monoisotopic (exact) mass is 418 g/mol. The number of ether oxygens (including phenoxy) is 1. The second-order valence-electron chi connectivity index (χ2n) is 7.86. The summed E-state index contributed by atoms with van der Waals surface area (Å²) in [5.74, 6) is 1.92. The van der Waals surface area contributed by atoms with Gasteiger partial charge in [-0.05, 0) is 75.1 Å². The van der Waals surface area contributed by atoms with Crippen LogP contribution in [0.4, 0.5) is 0 Å². The van der Waals surface area contributed by atoms with Gasteiger partial charge >= 0.3 is 0 Å². The van der Waals surface area contributed by atoms with Crippen molar-refractivity contribution in [2.75, 3.05) is 6.61 Å². The molecule has 0 bridgehead atoms. The smallest absolute Gasteiger partial charge is 0.141 e. The van der Waals surface area contributed by atoms with Crippen LogP contribution in [0, 0.1) is 20.8 Å². The summed E-state index contributed by atoms with van der Waals surface area (Å²) in [6.07, 6.45) is 1.99. The van der Waals surface area contributed by atoms with Gasteiger partial charge in [-0.2, -0.15) is 0 Å². The summed E-state index contributed by atoms with van der Waals surface area (Å²) in [5, 5.41) is 0.772. The van der Waals surface area contributed by atoms with Crippen LogP contribution >= 0.6 is 11.6 Å². The van der Waals surface area contributed by atoms with Gasteiger partial charge in [0.25, 0.3) is 0 Å². The summed E-state index contributed by atoms with van der Waals surface area (Å²) in [4.78, 5) is 4.96. The van der Waals surface area contributed by atoms with Crippen molar-refractivity contribution >= 4 is 22.6 Å². The van der Waals surface area contributed by atoms with E-state index in [0.29, 0.717) is 6.61 Å². The molecular formula is C26H27ClN2O. The average molecular weight is 419 g/mol. The maximum Gasteiger partial charge on any atom is 0.141 e. The molecule has 4 aromatic rings. The van der Waals surface area contributed by atoms with Gasteiger partial charge in [0.1, 0.15) is 11.6 Å². The van der Waals surface area contributed by atoms with Gasteiger partial charge in [0, 0.05) is 17.1 Å². The lowest BCUT2D eigenvalue weighted by Gasteiger charge is -2.12. The molecule has 3 nitrogen and oxygen atoms in total. The van der Waals surface area contributed by atoms with Crippen molar-refractivity contribution in [3.05, 3.63) is 82.4 Å². The fourth-order valence-corrected chi connectivity index (χ4v) is 3.96. The highest BCUT2D eigenvalue weighted by Gasteiger charge is 2.14. The topological polar surface area (TPSA) is 27.1 Å². The second kappa shape index (κ2) is 8.93. The number of hydrogen-bond donors (Lipinski definition) is 0. The molecule has 154 valence electrons. The fourth-order valence-electron chi connectivity index (χ4n) is 3.84. The Labute approximate surface area is 183 Å². The molecule has 1 heterocycles. The Kier molecular flexibility index (Phi) is 6.10. The van der Waals surface area contributed by atoms with E-state index in [1.807, 2.05) is 31.2 Å². The Morgan fingerprint density at radius 3 is 2.53 bits per heavy atom. The van der Waals surface area contributed by atoms with Gasteiger partial charge in [0.2, 0.25) is 0 Å². The number of unbranched alkanes of at least 4 members (excludes halogenated alkanes) is 1. The molecule has 0 amide bonds. The Hall–Kier alpha value is -2.78. The van der Waals surface area contributed by atoms with E-state index in [-0.39, 0.29) is 0 Å². The van der Waals surface area contributed by atoms with Gasteiger partial charge in [-0.15, -0.1) is 0 Å². The van der Waals surface area contributed by atoms with Crippen molar-refractivity contribution in [1.29, 1.82) is 0 Å². The molecule has 4 rings (SSSR count). The molecule has 0 radical (unpaired) electrons. The maximum atomic E-state index is 6.09. The minimum atomic E-state index is 0.687.